The van der Waals surface area contributed by atoms with E-state index in [1.807, 2.05) is 43.1 Å². The summed E-state index contributed by atoms with van der Waals surface area (Å²) in [5.74, 6) is 1.28. The van der Waals surface area contributed by atoms with Gasteiger partial charge in [-0.3, -0.25) is 9.55 Å². The molecule has 0 bridgehead atoms. The lowest BCUT2D eigenvalue weighted by Crippen LogP contribution is -2.02. The fourth-order valence-electron chi connectivity index (χ4n) is 2.12. The fraction of sp³-hybridized carbons (Fsp3) is 0.214. The van der Waals surface area contributed by atoms with E-state index < -0.39 is 0 Å². The second kappa shape index (κ2) is 4.35. The molecule has 5 nitrogen and oxygen atoms in total. The van der Waals surface area contributed by atoms with Crippen LogP contribution in [0.5, 0.6) is 0 Å². The van der Waals surface area contributed by atoms with Crippen molar-refractivity contribution in [3.8, 4) is 5.69 Å². The van der Waals surface area contributed by atoms with Crippen molar-refractivity contribution in [2.45, 2.75) is 20.3 Å². The molecule has 0 unspecified atom stereocenters. The van der Waals surface area contributed by atoms with Crippen LogP contribution in [0.25, 0.3) is 16.7 Å². The summed E-state index contributed by atoms with van der Waals surface area (Å²) in [6.45, 7) is 4.03. The molecule has 0 aliphatic carbocycles. The van der Waals surface area contributed by atoms with E-state index >= 15 is 0 Å². The van der Waals surface area contributed by atoms with Gasteiger partial charge in [-0.05, 0) is 24.6 Å². The Morgan fingerprint density at radius 1 is 1.26 bits per heavy atom. The predicted octanol–water partition coefficient (Wildman–Crippen LogP) is 2.27. The number of fused-ring (bicyclic) bond motifs is 1. The molecule has 0 amide bonds. The van der Waals surface area contributed by atoms with Gasteiger partial charge in [-0.25, -0.2) is 9.97 Å². The van der Waals surface area contributed by atoms with Crippen molar-refractivity contribution in [3.05, 3.63) is 42.1 Å². The van der Waals surface area contributed by atoms with Gasteiger partial charge in [0.2, 0.25) is 0 Å². The molecule has 0 aliphatic heterocycles. The first-order valence-corrected chi connectivity index (χ1v) is 6.24. The number of nitrogens with zero attached hydrogens (tertiary/aromatic N) is 4. The Labute approximate surface area is 111 Å². The zero-order chi connectivity index (χ0) is 13.4. The summed E-state index contributed by atoms with van der Waals surface area (Å²) in [5, 5.41) is 0.874. The van der Waals surface area contributed by atoms with Crippen LogP contribution in [0.3, 0.4) is 0 Å². The quantitative estimate of drug-likeness (QED) is 0.760. The van der Waals surface area contributed by atoms with E-state index in [1.54, 1.807) is 0 Å². The summed E-state index contributed by atoms with van der Waals surface area (Å²) < 4.78 is 1.99. The first-order valence-electron chi connectivity index (χ1n) is 6.24. The van der Waals surface area contributed by atoms with Gasteiger partial charge in [0.1, 0.15) is 17.3 Å². The molecule has 3 heterocycles. The lowest BCUT2D eigenvalue weighted by molar-refractivity contribution is 0.945. The second-order valence-corrected chi connectivity index (χ2v) is 4.52. The van der Waals surface area contributed by atoms with E-state index in [9.17, 15) is 0 Å². The van der Waals surface area contributed by atoms with Gasteiger partial charge in [-0.2, -0.15) is 0 Å². The Hall–Kier alpha value is -2.43. The maximum atomic E-state index is 5.97. The van der Waals surface area contributed by atoms with E-state index in [0.29, 0.717) is 5.82 Å². The highest BCUT2D eigenvalue weighted by Gasteiger charge is 2.10. The number of anilines is 1. The maximum absolute atomic E-state index is 5.97. The smallest absolute Gasteiger partial charge is 0.150 e. The fourth-order valence-corrected chi connectivity index (χ4v) is 2.12. The Kier molecular flexibility index (Phi) is 2.67. The molecule has 0 atom stereocenters. The van der Waals surface area contributed by atoms with E-state index in [4.69, 9.17) is 5.73 Å². The lowest BCUT2D eigenvalue weighted by Gasteiger charge is -2.06. The van der Waals surface area contributed by atoms with E-state index in [1.165, 1.54) is 0 Å². The number of hydrogen-bond donors (Lipinski definition) is 1. The molecule has 0 radical (unpaired) electrons. The van der Waals surface area contributed by atoms with Crippen LogP contribution >= 0.6 is 0 Å². The van der Waals surface area contributed by atoms with Crippen molar-refractivity contribution in [2.24, 2.45) is 0 Å². The van der Waals surface area contributed by atoms with E-state index in [2.05, 4.69) is 21.0 Å². The normalized spacial score (nSPS) is 11.1. The molecule has 3 rings (SSSR count). The Morgan fingerprint density at radius 3 is 2.84 bits per heavy atom. The summed E-state index contributed by atoms with van der Waals surface area (Å²) in [6, 6.07) is 4.00. The molecule has 0 fully saturated rings. The van der Waals surface area contributed by atoms with Gasteiger partial charge in [0, 0.05) is 18.8 Å². The number of nitrogen functional groups attached to an aromatic ring is 1. The van der Waals surface area contributed by atoms with Gasteiger partial charge >= 0.3 is 0 Å². The molecule has 0 aromatic carbocycles. The van der Waals surface area contributed by atoms with Gasteiger partial charge in [0.15, 0.2) is 0 Å². The van der Waals surface area contributed by atoms with Crippen molar-refractivity contribution >= 4 is 16.9 Å². The number of rotatable bonds is 2. The minimum Gasteiger partial charge on any atom is -0.383 e. The first kappa shape index (κ1) is 11.6. The third-order valence-corrected chi connectivity index (χ3v) is 3.07. The number of aryl methyl sites for hydroxylation is 2. The van der Waals surface area contributed by atoms with Gasteiger partial charge in [0.05, 0.1) is 17.3 Å². The van der Waals surface area contributed by atoms with Gasteiger partial charge < -0.3 is 5.73 Å². The minimum atomic E-state index is 0.529. The Balaban J connectivity index is 2.27. The van der Waals surface area contributed by atoms with Crippen LogP contribution in [-0.2, 0) is 6.42 Å². The third kappa shape index (κ3) is 1.93. The molecule has 0 saturated heterocycles. The number of pyridine rings is 1. The summed E-state index contributed by atoms with van der Waals surface area (Å²) in [6.07, 6.45) is 6.36. The van der Waals surface area contributed by atoms with Gasteiger partial charge in [0.25, 0.3) is 0 Å². The van der Waals surface area contributed by atoms with Crippen LogP contribution in [0.1, 0.15) is 18.3 Å². The van der Waals surface area contributed by atoms with Crippen LogP contribution in [0.15, 0.2) is 30.7 Å². The van der Waals surface area contributed by atoms with Crippen LogP contribution in [0.4, 0.5) is 5.82 Å². The summed E-state index contributed by atoms with van der Waals surface area (Å²) in [5.41, 5.74) is 8.89. The number of hydrogen-bond acceptors (Lipinski definition) is 4. The standard InChI is InChI=1S/C14H15N5/c1-3-12-17-13(15)11-4-5-19(14(11)18-12)10-6-9(2)7-16-8-10/h4-8H,3H2,1-2H3,(H2,15,17,18). The predicted molar refractivity (Wildman–Crippen MR) is 75.2 cm³/mol. The molecule has 19 heavy (non-hydrogen) atoms. The number of aromatic nitrogens is 4. The molecule has 2 N–H and O–H groups in total. The highest BCUT2D eigenvalue weighted by Crippen LogP contribution is 2.22. The minimum absolute atomic E-state index is 0.529. The molecular weight excluding hydrogens is 238 g/mol. The zero-order valence-corrected chi connectivity index (χ0v) is 11.0. The summed E-state index contributed by atoms with van der Waals surface area (Å²) in [4.78, 5) is 13.1. The molecule has 0 saturated carbocycles. The van der Waals surface area contributed by atoms with E-state index in [0.717, 1.165) is 34.5 Å². The van der Waals surface area contributed by atoms with Crippen molar-refractivity contribution in [1.82, 2.24) is 19.5 Å². The molecule has 0 spiro atoms. The van der Waals surface area contributed by atoms with Crippen LogP contribution in [0, 0.1) is 6.92 Å². The van der Waals surface area contributed by atoms with Crippen LogP contribution in [0.2, 0.25) is 0 Å². The highest BCUT2D eigenvalue weighted by molar-refractivity contribution is 5.87. The van der Waals surface area contributed by atoms with Crippen LogP contribution in [-0.4, -0.2) is 19.5 Å². The highest BCUT2D eigenvalue weighted by atomic mass is 15.1. The summed E-state index contributed by atoms with van der Waals surface area (Å²) in [7, 11) is 0. The average molecular weight is 253 g/mol. The summed E-state index contributed by atoms with van der Waals surface area (Å²) >= 11 is 0. The van der Waals surface area contributed by atoms with Gasteiger partial charge in [-0.15, -0.1) is 0 Å². The molecule has 96 valence electrons. The Bertz CT molecular complexity index is 745. The van der Waals surface area contributed by atoms with Crippen molar-refractivity contribution in [2.75, 3.05) is 5.73 Å². The van der Waals surface area contributed by atoms with Crippen molar-refractivity contribution in [1.29, 1.82) is 0 Å². The Morgan fingerprint density at radius 2 is 2.11 bits per heavy atom. The second-order valence-electron chi connectivity index (χ2n) is 4.52. The topological polar surface area (TPSA) is 69.6 Å². The molecular formula is C14H15N5. The third-order valence-electron chi connectivity index (χ3n) is 3.07. The van der Waals surface area contributed by atoms with E-state index in [-0.39, 0.29) is 0 Å². The molecule has 3 aromatic rings. The van der Waals surface area contributed by atoms with Crippen LogP contribution < -0.4 is 5.73 Å². The van der Waals surface area contributed by atoms with Gasteiger partial charge in [-0.1, -0.05) is 6.92 Å². The molecule has 5 heteroatoms. The maximum Gasteiger partial charge on any atom is 0.150 e. The number of nitrogens with two attached hydrogens (primary N) is 1. The SMILES string of the molecule is CCc1nc(N)c2ccn(-c3cncc(C)c3)c2n1. The monoisotopic (exact) mass is 253 g/mol. The van der Waals surface area contributed by atoms with Crippen molar-refractivity contribution < 1.29 is 0 Å². The lowest BCUT2D eigenvalue weighted by atomic mass is 10.3. The van der Waals surface area contributed by atoms with Crippen molar-refractivity contribution in [3.63, 3.8) is 0 Å². The molecule has 0 aliphatic rings. The zero-order valence-electron chi connectivity index (χ0n) is 11.0. The average Bonchev–Trinajstić information content (AvgIpc) is 2.83. The first-order chi connectivity index (χ1) is 9.19. The largest absolute Gasteiger partial charge is 0.383 e. The molecule has 3 aromatic heterocycles.